The van der Waals surface area contributed by atoms with Crippen LogP contribution in [0.3, 0.4) is 0 Å². The Bertz CT molecular complexity index is 328. The number of hydrogen-bond acceptors (Lipinski definition) is 0. The van der Waals surface area contributed by atoms with Gasteiger partial charge in [0.15, 0.2) is 0 Å². The molecule has 24 heavy (non-hydrogen) atoms. The van der Waals surface area contributed by atoms with Crippen molar-refractivity contribution in [2.45, 2.75) is 104 Å². The number of rotatable bonds is 2. The van der Waals surface area contributed by atoms with Gasteiger partial charge in [-0.25, -0.2) is 8.78 Å². The molecule has 0 amide bonds. The van der Waals surface area contributed by atoms with Crippen molar-refractivity contribution in [2.75, 3.05) is 0 Å². The van der Waals surface area contributed by atoms with Gasteiger partial charge in [0.2, 0.25) is 0 Å². The van der Waals surface area contributed by atoms with Crippen LogP contribution in [0, 0.1) is 35.5 Å². The third kappa shape index (κ3) is 4.94. The van der Waals surface area contributed by atoms with Crippen molar-refractivity contribution >= 4 is 0 Å². The van der Waals surface area contributed by atoms with E-state index in [0.29, 0.717) is 18.3 Å². The van der Waals surface area contributed by atoms with E-state index in [1.54, 1.807) is 0 Å². The second-order valence-electron chi connectivity index (χ2n) is 8.86. The van der Waals surface area contributed by atoms with Crippen molar-refractivity contribution in [3.63, 3.8) is 0 Å². The SMILES string of the molecule is CC.CC1CCC(C2CCC(C3CC(C)C(F)C(F)C3)CC2)CC1. The van der Waals surface area contributed by atoms with Gasteiger partial charge < -0.3 is 0 Å². The van der Waals surface area contributed by atoms with Gasteiger partial charge in [-0.1, -0.05) is 40.5 Å². The van der Waals surface area contributed by atoms with E-state index >= 15 is 0 Å². The Kier molecular flexibility index (Phi) is 8.01. The molecule has 4 atom stereocenters. The highest BCUT2D eigenvalue weighted by Gasteiger charge is 2.40. The molecule has 0 bridgehead atoms. The van der Waals surface area contributed by atoms with E-state index in [0.717, 1.165) is 24.2 Å². The lowest BCUT2D eigenvalue weighted by Crippen LogP contribution is -2.38. The molecule has 0 aromatic heterocycles. The fraction of sp³-hybridized carbons (Fsp3) is 1.00. The Labute approximate surface area is 149 Å². The largest absolute Gasteiger partial charge is 0.244 e. The quantitative estimate of drug-likeness (QED) is 0.491. The standard InChI is InChI=1S/C20H34F2.C2H6/c1-13-3-5-15(6-4-13)16-7-9-17(10-8-16)18-11-14(2)20(22)19(21)12-18;1-2/h13-20H,3-12H2,1-2H3;1-2H3. The molecule has 0 aliphatic heterocycles. The third-order valence-electron chi connectivity index (χ3n) is 7.30. The van der Waals surface area contributed by atoms with Crippen LogP contribution >= 0.6 is 0 Å². The van der Waals surface area contributed by atoms with Crippen LogP contribution in [-0.4, -0.2) is 12.3 Å². The van der Waals surface area contributed by atoms with Crippen molar-refractivity contribution < 1.29 is 8.78 Å². The smallest absolute Gasteiger partial charge is 0.134 e. The highest BCUT2D eigenvalue weighted by molar-refractivity contribution is 4.90. The van der Waals surface area contributed by atoms with Gasteiger partial charge in [0.05, 0.1) is 0 Å². The van der Waals surface area contributed by atoms with Crippen molar-refractivity contribution in [1.82, 2.24) is 0 Å². The summed E-state index contributed by atoms with van der Waals surface area (Å²) in [6.07, 6.45) is 9.96. The number of alkyl halides is 2. The highest BCUT2D eigenvalue weighted by Crippen LogP contribution is 2.46. The van der Waals surface area contributed by atoms with E-state index in [4.69, 9.17) is 0 Å². The topological polar surface area (TPSA) is 0 Å². The summed E-state index contributed by atoms with van der Waals surface area (Å²) in [5.41, 5.74) is 0. The molecule has 0 saturated heterocycles. The molecule has 3 aliphatic rings. The van der Waals surface area contributed by atoms with Crippen LogP contribution in [0.2, 0.25) is 0 Å². The summed E-state index contributed by atoms with van der Waals surface area (Å²) < 4.78 is 27.5. The molecular formula is C22H40F2. The van der Waals surface area contributed by atoms with Gasteiger partial charge in [0, 0.05) is 0 Å². The van der Waals surface area contributed by atoms with E-state index in [1.807, 2.05) is 20.8 Å². The average molecular weight is 343 g/mol. The summed E-state index contributed by atoms with van der Waals surface area (Å²) in [5.74, 6) is 3.88. The molecule has 142 valence electrons. The van der Waals surface area contributed by atoms with Gasteiger partial charge in [0.25, 0.3) is 0 Å². The molecule has 4 unspecified atom stereocenters. The molecular weight excluding hydrogens is 302 g/mol. The first-order chi connectivity index (χ1) is 11.5. The van der Waals surface area contributed by atoms with Gasteiger partial charge in [-0.05, 0) is 86.9 Å². The maximum atomic E-state index is 13.9. The predicted molar refractivity (Wildman–Crippen MR) is 99.6 cm³/mol. The van der Waals surface area contributed by atoms with Gasteiger partial charge in [0.1, 0.15) is 12.3 Å². The van der Waals surface area contributed by atoms with Crippen molar-refractivity contribution in [3.05, 3.63) is 0 Å². The minimum absolute atomic E-state index is 0.0775. The van der Waals surface area contributed by atoms with Gasteiger partial charge in [-0.15, -0.1) is 0 Å². The number of hydrogen-bond donors (Lipinski definition) is 0. The molecule has 0 spiro atoms. The average Bonchev–Trinajstić information content (AvgIpc) is 2.62. The first-order valence-electron chi connectivity index (χ1n) is 10.8. The second kappa shape index (κ2) is 9.53. The maximum Gasteiger partial charge on any atom is 0.134 e. The molecule has 0 N–H and O–H groups in total. The second-order valence-corrected chi connectivity index (χ2v) is 8.86. The monoisotopic (exact) mass is 342 g/mol. The molecule has 2 heteroatoms. The summed E-state index contributed by atoms with van der Waals surface area (Å²) in [5, 5.41) is 0. The van der Waals surface area contributed by atoms with Crippen LogP contribution < -0.4 is 0 Å². The summed E-state index contributed by atoms with van der Waals surface area (Å²) in [7, 11) is 0. The van der Waals surface area contributed by atoms with Crippen LogP contribution in [0.15, 0.2) is 0 Å². The fourth-order valence-corrected chi connectivity index (χ4v) is 5.71. The van der Waals surface area contributed by atoms with E-state index < -0.39 is 12.3 Å². The molecule has 0 nitrogen and oxygen atoms in total. The first-order valence-corrected chi connectivity index (χ1v) is 10.8. The Morgan fingerprint density at radius 1 is 0.583 bits per heavy atom. The zero-order chi connectivity index (χ0) is 17.7. The normalized spacial score (nSPS) is 46.8. The number of halogens is 2. The van der Waals surface area contributed by atoms with Crippen LogP contribution in [0.4, 0.5) is 8.78 Å². The zero-order valence-electron chi connectivity index (χ0n) is 16.4. The molecule has 0 aromatic rings. The van der Waals surface area contributed by atoms with E-state index in [-0.39, 0.29) is 5.92 Å². The van der Waals surface area contributed by atoms with Crippen LogP contribution in [0.1, 0.15) is 91.9 Å². The lowest BCUT2D eigenvalue weighted by atomic mass is 9.64. The molecule has 3 rings (SSSR count). The van der Waals surface area contributed by atoms with Crippen LogP contribution in [0.5, 0.6) is 0 Å². The Morgan fingerprint density at radius 2 is 1.00 bits per heavy atom. The molecule has 3 fully saturated rings. The van der Waals surface area contributed by atoms with Crippen LogP contribution in [0.25, 0.3) is 0 Å². The Balaban J connectivity index is 0.00000100. The highest BCUT2D eigenvalue weighted by atomic mass is 19.2. The van der Waals surface area contributed by atoms with E-state index in [9.17, 15) is 8.78 Å². The van der Waals surface area contributed by atoms with Gasteiger partial charge in [-0.2, -0.15) is 0 Å². The maximum absolute atomic E-state index is 13.9. The zero-order valence-corrected chi connectivity index (χ0v) is 16.4. The molecule has 0 radical (unpaired) electrons. The minimum Gasteiger partial charge on any atom is -0.244 e. The van der Waals surface area contributed by atoms with Gasteiger partial charge in [-0.3, -0.25) is 0 Å². The fourth-order valence-electron chi connectivity index (χ4n) is 5.71. The van der Waals surface area contributed by atoms with E-state index in [1.165, 1.54) is 51.4 Å². The Hall–Kier alpha value is -0.140. The summed E-state index contributed by atoms with van der Waals surface area (Å²) >= 11 is 0. The third-order valence-corrected chi connectivity index (χ3v) is 7.30. The lowest BCUT2D eigenvalue weighted by Gasteiger charge is -2.42. The van der Waals surface area contributed by atoms with Crippen molar-refractivity contribution in [1.29, 1.82) is 0 Å². The molecule has 3 aliphatic carbocycles. The molecule has 0 heterocycles. The molecule has 0 aromatic carbocycles. The summed E-state index contributed by atoms with van der Waals surface area (Å²) in [6, 6.07) is 0. The molecule has 3 saturated carbocycles. The predicted octanol–water partition coefficient (Wildman–Crippen LogP) is 7.37. The first kappa shape index (κ1) is 20.2. The van der Waals surface area contributed by atoms with Crippen LogP contribution in [-0.2, 0) is 0 Å². The van der Waals surface area contributed by atoms with Crippen molar-refractivity contribution in [3.8, 4) is 0 Å². The lowest BCUT2D eigenvalue weighted by molar-refractivity contribution is 0.0143. The summed E-state index contributed by atoms with van der Waals surface area (Å²) in [4.78, 5) is 0. The summed E-state index contributed by atoms with van der Waals surface area (Å²) in [6.45, 7) is 8.29. The Morgan fingerprint density at radius 3 is 1.46 bits per heavy atom. The van der Waals surface area contributed by atoms with Crippen molar-refractivity contribution in [2.24, 2.45) is 35.5 Å². The van der Waals surface area contributed by atoms with E-state index in [2.05, 4.69) is 6.92 Å². The minimum atomic E-state index is -1.21. The van der Waals surface area contributed by atoms with Gasteiger partial charge >= 0.3 is 0 Å².